The summed E-state index contributed by atoms with van der Waals surface area (Å²) in [5.41, 5.74) is 2.02. The second kappa shape index (κ2) is 8.94. The van der Waals surface area contributed by atoms with E-state index in [1.165, 1.54) is 34.8 Å². The van der Waals surface area contributed by atoms with E-state index in [0.717, 1.165) is 6.07 Å². The lowest BCUT2D eigenvalue weighted by Crippen LogP contribution is -2.24. The maximum Gasteiger partial charge on any atom is 0.418 e. The fourth-order valence-corrected chi connectivity index (χ4v) is 4.44. The zero-order valence-corrected chi connectivity index (χ0v) is 19.6. The van der Waals surface area contributed by atoms with E-state index >= 15 is 0 Å². The molecule has 3 aromatic rings. The fraction of sp³-hybridized carbons (Fsp3) is 0.185. The van der Waals surface area contributed by atoms with Crippen LogP contribution in [0.2, 0.25) is 0 Å². The second-order valence-electron chi connectivity index (χ2n) is 8.16. The van der Waals surface area contributed by atoms with E-state index in [0.29, 0.717) is 28.3 Å². The Bertz CT molecular complexity index is 1380. The molecule has 1 aromatic heterocycles. The quantitative estimate of drug-likeness (QED) is 0.341. The molecule has 8 heteroatoms. The molecule has 5 nitrogen and oxygen atoms in total. The van der Waals surface area contributed by atoms with Crippen LogP contribution >= 0.6 is 0 Å². The van der Waals surface area contributed by atoms with Crippen molar-refractivity contribution in [3.63, 3.8) is 0 Å². The molecule has 0 bridgehead atoms. The van der Waals surface area contributed by atoms with Crippen LogP contribution in [0, 0.1) is 13.8 Å². The number of aryl methyl sites for hydroxylation is 1. The summed E-state index contributed by atoms with van der Waals surface area (Å²) in [7, 11) is 1.23. The van der Waals surface area contributed by atoms with Gasteiger partial charge in [0.25, 0.3) is 5.91 Å². The summed E-state index contributed by atoms with van der Waals surface area (Å²) in [5.74, 6) is -1.09. The van der Waals surface area contributed by atoms with Gasteiger partial charge in [0.05, 0.1) is 29.5 Å². The summed E-state index contributed by atoms with van der Waals surface area (Å²) in [6, 6.07) is 15.9. The summed E-state index contributed by atoms with van der Waals surface area (Å²) in [5, 5.41) is 0. The standard InChI is InChI=1S/C27H23F3N2O3/c1-16-14-19(17(2)31(16)23-13-9-8-12-22(23)27(28,29)30)15-21-24(26(34)35-4)18(3)32(25(21)33)20-10-6-5-7-11-20/h5-15H,1-4H3/b21-15-. The number of hydrogen-bond acceptors (Lipinski definition) is 3. The molecule has 0 saturated heterocycles. The highest BCUT2D eigenvalue weighted by Crippen LogP contribution is 2.38. The molecule has 0 saturated carbocycles. The average Bonchev–Trinajstić information content (AvgIpc) is 3.24. The highest BCUT2D eigenvalue weighted by atomic mass is 19.4. The molecule has 2 heterocycles. The Kier molecular flexibility index (Phi) is 6.15. The average molecular weight is 480 g/mol. The van der Waals surface area contributed by atoms with Crippen molar-refractivity contribution < 1.29 is 27.5 Å². The van der Waals surface area contributed by atoms with Gasteiger partial charge in [-0.1, -0.05) is 30.3 Å². The molecule has 0 spiro atoms. The van der Waals surface area contributed by atoms with E-state index in [1.54, 1.807) is 57.2 Å². The smallest absolute Gasteiger partial charge is 0.418 e. The number of ether oxygens (including phenoxy) is 1. The summed E-state index contributed by atoms with van der Waals surface area (Å²) in [4.78, 5) is 27.5. The number of nitrogens with zero attached hydrogens (tertiary/aromatic N) is 2. The Morgan fingerprint density at radius 3 is 2.23 bits per heavy atom. The number of amides is 1. The Balaban J connectivity index is 1.88. The van der Waals surface area contributed by atoms with Gasteiger partial charge < -0.3 is 9.30 Å². The van der Waals surface area contributed by atoms with Gasteiger partial charge >= 0.3 is 12.1 Å². The Morgan fingerprint density at radius 2 is 1.60 bits per heavy atom. The van der Waals surface area contributed by atoms with Crippen molar-refractivity contribution in [3.05, 3.63) is 100 Å². The summed E-state index contributed by atoms with van der Waals surface area (Å²) < 4.78 is 47.5. The van der Waals surface area contributed by atoms with Gasteiger partial charge in [-0.3, -0.25) is 9.69 Å². The first kappa shape index (κ1) is 24.1. The molecule has 180 valence electrons. The Labute approximate surface area is 200 Å². The van der Waals surface area contributed by atoms with Crippen LogP contribution < -0.4 is 4.90 Å². The van der Waals surface area contributed by atoms with Gasteiger partial charge in [-0.15, -0.1) is 0 Å². The van der Waals surface area contributed by atoms with Crippen LogP contribution in [0.3, 0.4) is 0 Å². The molecule has 4 rings (SSSR count). The predicted molar refractivity (Wildman–Crippen MR) is 127 cm³/mol. The van der Waals surface area contributed by atoms with Crippen LogP contribution in [0.1, 0.15) is 29.4 Å². The van der Waals surface area contributed by atoms with Crippen LogP contribution in [0.25, 0.3) is 11.8 Å². The van der Waals surface area contributed by atoms with Crippen LogP contribution in [0.4, 0.5) is 18.9 Å². The van der Waals surface area contributed by atoms with Gasteiger partial charge in [0.1, 0.15) is 0 Å². The summed E-state index contributed by atoms with van der Waals surface area (Å²) >= 11 is 0. The molecular formula is C27H23F3N2O3. The molecule has 2 aromatic carbocycles. The van der Waals surface area contributed by atoms with Crippen LogP contribution in [0.15, 0.2) is 77.5 Å². The molecule has 1 aliphatic heterocycles. The lowest BCUT2D eigenvalue weighted by Gasteiger charge is -2.17. The van der Waals surface area contributed by atoms with Gasteiger partial charge in [-0.05, 0) is 62.7 Å². The van der Waals surface area contributed by atoms with Gasteiger partial charge in [-0.2, -0.15) is 13.2 Å². The summed E-state index contributed by atoms with van der Waals surface area (Å²) in [6.07, 6.45) is -3.00. The van der Waals surface area contributed by atoms with E-state index in [2.05, 4.69) is 0 Å². The monoisotopic (exact) mass is 480 g/mol. The van der Waals surface area contributed by atoms with Crippen LogP contribution in [-0.2, 0) is 20.5 Å². The fourth-order valence-electron chi connectivity index (χ4n) is 4.44. The maximum absolute atomic E-state index is 13.7. The molecule has 0 aliphatic carbocycles. The third kappa shape index (κ3) is 4.16. The number of para-hydroxylation sites is 2. The predicted octanol–water partition coefficient (Wildman–Crippen LogP) is 5.99. The van der Waals surface area contributed by atoms with E-state index in [1.807, 2.05) is 6.07 Å². The molecule has 35 heavy (non-hydrogen) atoms. The number of halogens is 3. The number of esters is 1. The largest absolute Gasteiger partial charge is 0.465 e. The molecule has 0 fully saturated rings. The van der Waals surface area contributed by atoms with E-state index in [9.17, 15) is 22.8 Å². The number of methoxy groups -OCH3 is 1. The molecular weight excluding hydrogens is 457 g/mol. The van der Waals surface area contributed by atoms with Crippen molar-refractivity contribution in [3.8, 4) is 5.69 Å². The summed E-state index contributed by atoms with van der Waals surface area (Å²) in [6.45, 7) is 5.02. The second-order valence-corrected chi connectivity index (χ2v) is 8.16. The van der Waals surface area contributed by atoms with Crippen molar-refractivity contribution in [2.45, 2.75) is 26.9 Å². The molecule has 0 radical (unpaired) electrons. The Morgan fingerprint density at radius 1 is 0.971 bits per heavy atom. The number of hydrogen-bond donors (Lipinski definition) is 0. The van der Waals surface area contributed by atoms with Gasteiger partial charge in [0, 0.05) is 22.8 Å². The van der Waals surface area contributed by atoms with Crippen LogP contribution in [0.5, 0.6) is 0 Å². The lowest BCUT2D eigenvalue weighted by molar-refractivity contribution is -0.137. The van der Waals surface area contributed by atoms with Crippen LogP contribution in [-0.4, -0.2) is 23.6 Å². The van der Waals surface area contributed by atoms with Crippen molar-refractivity contribution >= 4 is 23.6 Å². The van der Waals surface area contributed by atoms with E-state index < -0.39 is 23.6 Å². The van der Waals surface area contributed by atoms with Crippen molar-refractivity contribution in [2.75, 3.05) is 12.0 Å². The number of anilines is 1. The highest BCUT2D eigenvalue weighted by molar-refractivity contribution is 6.23. The number of allylic oxidation sites excluding steroid dienone is 1. The maximum atomic E-state index is 13.7. The van der Waals surface area contributed by atoms with Crippen molar-refractivity contribution in [2.24, 2.45) is 0 Å². The number of carbonyl (C=O) groups is 2. The lowest BCUT2D eigenvalue weighted by atomic mass is 10.0. The minimum atomic E-state index is -4.53. The van der Waals surface area contributed by atoms with E-state index in [4.69, 9.17) is 4.74 Å². The number of aromatic nitrogens is 1. The number of benzene rings is 2. The first-order valence-corrected chi connectivity index (χ1v) is 10.8. The zero-order valence-electron chi connectivity index (χ0n) is 19.6. The van der Waals surface area contributed by atoms with Crippen molar-refractivity contribution in [1.82, 2.24) is 4.57 Å². The van der Waals surface area contributed by atoms with Gasteiger partial charge in [-0.25, -0.2) is 4.79 Å². The zero-order chi connectivity index (χ0) is 25.5. The normalized spacial score (nSPS) is 15.3. The van der Waals surface area contributed by atoms with E-state index in [-0.39, 0.29) is 16.8 Å². The molecule has 0 unspecified atom stereocenters. The number of rotatable bonds is 4. The number of carbonyl (C=O) groups excluding carboxylic acids is 2. The van der Waals surface area contributed by atoms with Gasteiger partial charge in [0.2, 0.25) is 0 Å². The van der Waals surface area contributed by atoms with Crippen molar-refractivity contribution in [1.29, 1.82) is 0 Å². The molecule has 1 aliphatic rings. The first-order valence-electron chi connectivity index (χ1n) is 10.8. The molecule has 1 amide bonds. The first-order chi connectivity index (χ1) is 16.6. The van der Waals surface area contributed by atoms with Gasteiger partial charge in [0.15, 0.2) is 0 Å². The minimum Gasteiger partial charge on any atom is -0.465 e. The molecule has 0 N–H and O–H groups in total. The highest BCUT2D eigenvalue weighted by Gasteiger charge is 2.38. The SMILES string of the molecule is COC(=O)C1=C(C)N(c2ccccc2)C(=O)/C1=C\c1cc(C)n(-c2ccccc2C(F)(F)F)c1C. The third-order valence-electron chi connectivity index (χ3n) is 6.02. The Hall–Kier alpha value is -4.07. The third-order valence-corrected chi connectivity index (χ3v) is 6.02. The molecule has 0 atom stereocenters. The number of alkyl halides is 3. The minimum absolute atomic E-state index is 0.0109. The topological polar surface area (TPSA) is 51.5 Å².